The van der Waals surface area contributed by atoms with Gasteiger partial charge in [-0.2, -0.15) is 0 Å². The second-order valence-electron chi connectivity index (χ2n) is 3.91. The third-order valence-corrected chi connectivity index (χ3v) is 2.71. The molecule has 0 bridgehead atoms. The number of halogens is 1. The zero-order chi connectivity index (χ0) is 11.4. The molecular weight excluding hydrogens is 209 g/mol. The van der Waals surface area contributed by atoms with Gasteiger partial charge in [0, 0.05) is 0 Å². The Morgan fingerprint density at radius 2 is 2.12 bits per heavy atom. The Balaban J connectivity index is 1.72. The average molecular weight is 223 g/mol. The minimum Gasteiger partial charge on any atom is -0.445 e. The van der Waals surface area contributed by atoms with E-state index in [0.29, 0.717) is 12.8 Å². The predicted molar refractivity (Wildman–Crippen MR) is 57.7 cm³/mol. The van der Waals surface area contributed by atoms with Crippen LogP contribution in [0.15, 0.2) is 30.3 Å². The summed E-state index contributed by atoms with van der Waals surface area (Å²) in [7, 11) is 0. The third-order valence-electron chi connectivity index (χ3n) is 2.71. The van der Waals surface area contributed by atoms with Crippen LogP contribution in [-0.4, -0.2) is 18.3 Å². The topological polar surface area (TPSA) is 38.3 Å². The van der Waals surface area contributed by atoms with Crippen LogP contribution >= 0.6 is 0 Å². The van der Waals surface area contributed by atoms with Crippen molar-refractivity contribution < 1.29 is 13.9 Å². The number of hydrogen-bond donors (Lipinski definition) is 1. The number of alkyl halides is 1. The fourth-order valence-electron chi connectivity index (χ4n) is 1.54. The Morgan fingerprint density at radius 1 is 1.38 bits per heavy atom. The normalized spacial score (nSPS) is 23.3. The summed E-state index contributed by atoms with van der Waals surface area (Å²) in [6, 6.07) is 9.03. The van der Waals surface area contributed by atoms with Gasteiger partial charge in [-0.3, -0.25) is 0 Å². The van der Waals surface area contributed by atoms with Crippen LogP contribution in [-0.2, 0) is 11.3 Å². The summed E-state index contributed by atoms with van der Waals surface area (Å²) >= 11 is 0. The first-order valence-electron chi connectivity index (χ1n) is 5.37. The zero-order valence-electron chi connectivity index (χ0n) is 8.86. The molecule has 2 atom stereocenters. The molecule has 16 heavy (non-hydrogen) atoms. The molecule has 1 saturated carbocycles. The monoisotopic (exact) mass is 223 g/mol. The summed E-state index contributed by atoms with van der Waals surface area (Å²) in [5, 5.41) is 2.50. The minimum atomic E-state index is -0.913. The summed E-state index contributed by atoms with van der Waals surface area (Å²) in [6.07, 6.45) is -0.230. The van der Waals surface area contributed by atoms with Gasteiger partial charge in [0.1, 0.15) is 12.8 Å². The molecule has 1 aromatic rings. The highest BCUT2D eigenvalue weighted by atomic mass is 19.1. The maximum atomic E-state index is 12.8. The van der Waals surface area contributed by atoms with Crippen molar-refractivity contribution in [3.63, 3.8) is 0 Å². The molecule has 1 amide bonds. The second kappa shape index (κ2) is 4.96. The van der Waals surface area contributed by atoms with E-state index in [9.17, 15) is 9.18 Å². The number of carbonyl (C=O) groups excluding carboxylic acids is 1. The summed E-state index contributed by atoms with van der Waals surface area (Å²) in [6.45, 7) is 0.219. The van der Waals surface area contributed by atoms with Gasteiger partial charge >= 0.3 is 6.09 Å². The number of hydrogen-bond acceptors (Lipinski definition) is 2. The maximum Gasteiger partial charge on any atom is 0.407 e. The SMILES string of the molecule is O=C(N[C@H]1CC[C@H]1F)OCc1ccccc1. The average Bonchev–Trinajstić information content (AvgIpc) is 2.33. The molecule has 1 aliphatic carbocycles. The Kier molecular flexibility index (Phi) is 3.39. The Labute approximate surface area is 93.6 Å². The number of nitrogens with one attached hydrogen (secondary N) is 1. The molecule has 86 valence electrons. The zero-order valence-corrected chi connectivity index (χ0v) is 8.86. The number of rotatable bonds is 3. The number of alkyl carbamates (subject to hydrolysis) is 1. The van der Waals surface area contributed by atoms with E-state index in [4.69, 9.17) is 4.74 Å². The first-order valence-corrected chi connectivity index (χ1v) is 5.37. The molecule has 2 rings (SSSR count). The van der Waals surface area contributed by atoms with Crippen molar-refractivity contribution >= 4 is 6.09 Å². The van der Waals surface area contributed by atoms with Crippen molar-refractivity contribution in [2.45, 2.75) is 31.7 Å². The van der Waals surface area contributed by atoms with Crippen molar-refractivity contribution in [2.24, 2.45) is 0 Å². The quantitative estimate of drug-likeness (QED) is 0.854. The van der Waals surface area contributed by atoms with E-state index >= 15 is 0 Å². The van der Waals surface area contributed by atoms with Gasteiger partial charge in [0.2, 0.25) is 0 Å². The molecule has 3 nitrogen and oxygen atoms in total. The summed E-state index contributed by atoms with van der Waals surface area (Å²) in [5.41, 5.74) is 0.919. The fourth-order valence-corrected chi connectivity index (χ4v) is 1.54. The highest BCUT2D eigenvalue weighted by Crippen LogP contribution is 2.23. The molecule has 4 heteroatoms. The molecule has 0 heterocycles. The van der Waals surface area contributed by atoms with Gasteiger partial charge in [-0.05, 0) is 18.4 Å². The largest absolute Gasteiger partial charge is 0.445 e. The van der Waals surface area contributed by atoms with E-state index in [2.05, 4.69) is 5.32 Å². The summed E-state index contributed by atoms with van der Waals surface area (Å²) in [4.78, 5) is 11.3. The van der Waals surface area contributed by atoms with Gasteiger partial charge in [0.05, 0.1) is 6.04 Å². The van der Waals surface area contributed by atoms with Gasteiger partial charge in [-0.1, -0.05) is 30.3 Å². The first-order chi connectivity index (χ1) is 7.75. The van der Waals surface area contributed by atoms with Gasteiger partial charge in [0.15, 0.2) is 0 Å². The lowest BCUT2D eigenvalue weighted by Gasteiger charge is -2.30. The molecule has 0 radical (unpaired) electrons. The van der Waals surface area contributed by atoms with Gasteiger partial charge < -0.3 is 10.1 Å². The Morgan fingerprint density at radius 3 is 2.69 bits per heavy atom. The van der Waals surface area contributed by atoms with Crippen LogP contribution in [0.25, 0.3) is 0 Å². The van der Waals surface area contributed by atoms with Crippen LogP contribution in [0.2, 0.25) is 0 Å². The molecule has 0 aliphatic heterocycles. The lowest BCUT2D eigenvalue weighted by molar-refractivity contribution is 0.102. The van der Waals surface area contributed by atoms with Crippen molar-refractivity contribution in [3.05, 3.63) is 35.9 Å². The van der Waals surface area contributed by atoms with Crippen molar-refractivity contribution in [1.29, 1.82) is 0 Å². The maximum absolute atomic E-state index is 12.8. The van der Waals surface area contributed by atoms with Crippen LogP contribution in [0.1, 0.15) is 18.4 Å². The van der Waals surface area contributed by atoms with Crippen molar-refractivity contribution in [3.8, 4) is 0 Å². The Hall–Kier alpha value is -1.58. The summed E-state index contributed by atoms with van der Waals surface area (Å²) in [5.74, 6) is 0. The second-order valence-corrected chi connectivity index (χ2v) is 3.91. The number of amides is 1. The van der Waals surface area contributed by atoms with Crippen LogP contribution in [0.3, 0.4) is 0 Å². The highest BCUT2D eigenvalue weighted by molar-refractivity contribution is 5.67. The summed E-state index contributed by atoms with van der Waals surface area (Å²) < 4.78 is 17.8. The molecule has 0 spiro atoms. The number of carbonyl (C=O) groups is 1. The Bertz CT molecular complexity index is 355. The van der Waals surface area contributed by atoms with E-state index in [1.807, 2.05) is 30.3 Å². The molecule has 1 aliphatic rings. The van der Waals surface area contributed by atoms with E-state index in [0.717, 1.165) is 5.56 Å². The van der Waals surface area contributed by atoms with Gasteiger partial charge in [-0.15, -0.1) is 0 Å². The molecule has 0 unspecified atom stereocenters. The van der Waals surface area contributed by atoms with Crippen LogP contribution in [0.4, 0.5) is 9.18 Å². The van der Waals surface area contributed by atoms with Crippen LogP contribution in [0, 0.1) is 0 Å². The van der Waals surface area contributed by atoms with E-state index < -0.39 is 12.3 Å². The molecule has 1 N–H and O–H groups in total. The minimum absolute atomic E-state index is 0.219. The molecule has 1 fully saturated rings. The smallest absolute Gasteiger partial charge is 0.407 e. The van der Waals surface area contributed by atoms with E-state index in [-0.39, 0.29) is 12.6 Å². The van der Waals surface area contributed by atoms with Crippen LogP contribution in [0.5, 0.6) is 0 Å². The van der Waals surface area contributed by atoms with Crippen LogP contribution < -0.4 is 5.32 Å². The predicted octanol–water partition coefficient (Wildman–Crippen LogP) is 2.41. The van der Waals surface area contributed by atoms with E-state index in [1.165, 1.54) is 0 Å². The lowest BCUT2D eigenvalue weighted by Crippen LogP contribution is -2.48. The van der Waals surface area contributed by atoms with Gasteiger partial charge in [0.25, 0.3) is 0 Å². The molecular formula is C12H14FNO2. The van der Waals surface area contributed by atoms with Crippen molar-refractivity contribution in [2.75, 3.05) is 0 Å². The van der Waals surface area contributed by atoms with Crippen molar-refractivity contribution in [1.82, 2.24) is 5.32 Å². The number of benzene rings is 1. The third kappa shape index (κ3) is 2.72. The number of ether oxygens (including phenoxy) is 1. The van der Waals surface area contributed by atoms with E-state index in [1.54, 1.807) is 0 Å². The highest BCUT2D eigenvalue weighted by Gasteiger charge is 2.32. The fraction of sp³-hybridized carbons (Fsp3) is 0.417. The standard InChI is InChI=1S/C12H14FNO2/c13-10-6-7-11(10)14-12(15)16-8-9-4-2-1-3-5-9/h1-5,10-11H,6-8H2,(H,14,15)/t10-,11+/m1/s1. The van der Waals surface area contributed by atoms with Gasteiger partial charge in [-0.25, -0.2) is 9.18 Å². The molecule has 0 aromatic heterocycles. The lowest BCUT2D eigenvalue weighted by atomic mass is 9.91. The molecule has 1 aromatic carbocycles. The first kappa shape index (κ1) is 10.9. The molecule has 0 saturated heterocycles.